The van der Waals surface area contributed by atoms with Gasteiger partial charge in [-0.3, -0.25) is 0 Å². The highest BCUT2D eigenvalue weighted by Gasteiger charge is 2.14. The zero-order chi connectivity index (χ0) is 17.4. The van der Waals surface area contributed by atoms with Crippen LogP contribution in [0.1, 0.15) is 0 Å². The van der Waals surface area contributed by atoms with Crippen molar-refractivity contribution in [3.8, 4) is 28.5 Å². The minimum absolute atomic E-state index is 0.230. The van der Waals surface area contributed by atoms with Crippen LogP contribution in [0.2, 0.25) is 0 Å². The van der Waals surface area contributed by atoms with Crippen molar-refractivity contribution in [3.05, 3.63) is 60.7 Å². The summed E-state index contributed by atoms with van der Waals surface area (Å²) in [6.45, 7) is 0. The molecule has 0 atom stereocenters. The first-order chi connectivity index (χ1) is 12.2. The normalized spacial score (nSPS) is 11.0. The number of methoxy groups -OCH3 is 2. The molecule has 0 amide bonds. The molecule has 1 aromatic heterocycles. The summed E-state index contributed by atoms with van der Waals surface area (Å²) in [4.78, 5) is 4.86. The van der Waals surface area contributed by atoms with Gasteiger partial charge in [0.15, 0.2) is 11.5 Å². The number of nitrogens with zero attached hydrogens (tertiary/aromatic N) is 1. The molecule has 0 unspecified atom stereocenters. The summed E-state index contributed by atoms with van der Waals surface area (Å²) in [5.41, 5.74) is 2.68. The van der Waals surface area contributed by atoms with Crippen molar-refractivity contribution in [1.29, 1.82) is 0 Å². The number of aromatic nitrogens is 1. The Morgan fingerprint density at radius 3 is 2.08 bits per heavy atom. The molecular formula is C21H17NO3. The van der Waals surface area contributed by atoms with Crippen molar-refractivity contribution in [2.24, 2.45) is 0 Å². The number of rotatable bonds is 3. The third-order valence-electron chi connectivity index (χ3n) is 4.35. The molecule has 0 fully saturated rings. The Morgan fingerprint density at radius 1 is 0.760 bits per heavy atom. The fourth-order valence-electron chi connectivity index (χ4n) is 3.12. The van der Waals surface area contributed by atoms with Crippen LogP contribution in [0, 0.1) is 0 Å². The molecule has 0 aliphatic rings. The van der Waals surface area contributed by atoms with Crippen molar-refractivity contribution in [2.45, 2.75) is 0 Å². The van der Waals surface area contributed by atoms with Gasteiger partial charge in [0, 0.05) is 16.3 Å². The zero-order valence-electron chi connectivity index (χ0n) is 14.0. The van der Waals surface area contributed by atoms with Gasteiger partial charge in [-0.25, -0.2) is 4.98 Å². The van der Waals surface area contributed by atoms with E-state index in [1.165, 1.54) is 0 Å². The van der Waals surface area contributed by atoms with Crippen LogP contribution in [0.5, 0.6) is 17.2 Å². The molecule has 0 radical (unpaired) electrons. The quantitative estimate of drug-likeness (QED) is 0.549. The van der Waals surface area contributed by atoms with Crippen LogP contribution in [-0.2, 0) is 0 Å². The van der Waals surface area contributed by atoms with Crippen molar-refractivity contribution >= 4 is 21.7 Å². The summed E-state index contributed by atoms with van der Waals surface area (Å²) in [5, 5.41) is 12.7. The highest BCUT2D eigenvalue weighted by molar-refractivity contribution is 6.11. The molecule has 4 rings (SSSR count). The third-order valence-corrected chi connectivity index (χ3v) is 4.35. The van der Waals surface area contributed by atoms with Crippen LogP contribution in [-0.4, -0.2) is 24.3 Å². The Hall–Kier alpha value is -3.27. The summed E-state index contributed by atoms with van der Waals surface area (Å²) in [6.07, 6.45) is 0. The van der Waals surface area contributed by atoms with Crippen molar-refractivity contribution in [2.75, 3.05) is 14.2 Å². The molecule has 124 valence electrons. The van der Waals surface area contributed by atoms with Crippen LogP contribution in [0.15, 0.2) is 60.7 Å². The predicted molar refractivity (Wildman–Crippen MR) is 99.5 cm³/mol. The first-order valence-corrected chi connectivity index (χ1v) is 7.95. The van der Waals surface area contributed by atoms with E-state index in [1.54, 1.807) is 26.4 Å². The van der Waals surface area contributed by atoms with Gasteiger partial charge >= 0.3 is 0 Å². The summed E-state index contributed by atoms with van der Waals surface area (Å²) in [6, 6.07) is 19.0. The number of pyridine rings is 1. The Labute approximate surface area is 145 Å². The molecule has 0 saturated heterocycles. The number of phenolic OH excluding ortho intramolecular Hbond substituents is 1. The Bertz CT molecular complexity index is 1070. The van der Waals surface area contributed by atoms with Gasteiger partial charge in [0.25, 0.3) is 0 Å². The van der Waals surface area contributed by atoms with Gasteiger partial charge < -0.3 is 14.6 Å². The Morgan fingerprint density at radius 2 is 1.40 bits per heavy atom. The lowest BCUT2D eigenvalue weighted by Crippen LogP contribution is -1.94. The number of hydrogen-bond acceptors (Lipinski definition) is 4. The summed E-state index contributed by atoms with van der Waals surface area (Å²) in [5.74, 6) is 1.57. The molecule has 0 bridgehead atoms. The summed E-state index contributed by atoms with van der Waals surface area (Å²) in [7, 11) is 3.26. The maximum absolute atomic E-state index is 9.58. The summed E-state index contributed by atoms with van der Waals surface area (Å²) < 4.78 is 10.9. The molecule has 4 heteroatoms. The van der Waals surface area contributed by atoms with E-state index < -0.39 is 0 Å². The second-order valence-electron chi connectivity index (χ2n) is 5.78. The zero-order valence-corrected chi connectivity index (χ0v) is 14.0. The average Bonchev–Trinajstić information content (AvgIpc) is 2.67. The SMILES string of the molecule is COc1cc2c(-c3ccc(O)cc3)nc3ccccc3c2cc1OC. The highest BCUT2D eigenvalue weighted by Crippen LogP contribution is 2.39. The number of fused-ring (bicyclic) bond motifs is 3. The number of phenols is 1. The molecule has 1 N–H and O–H groups in total. The predicted octanol–water partition coefficient (Wildman–Crippen LogP) is 4.78. The smallest absolute Gasteiger partial charge is 0.161 e. The number of hydrogen-bond donors (Lipinski definition) is 1. The number of ether oxygens (including phenoxy) is 2. The van der Waals surface area contributed by atoms with Gasteiger partial charge in [0.2, 0.25) is 0 Å². The van der Waals surface area contributed by atoms with Gasteiger partial charge in [-0.15, -0.1) is 0 Å². The fourth-order valence-corrected chi connectivity index (χ4v) is 3.12. The molecule has 0 spiro atoms. The molecule has 25 heavy (non-hydrogen) atoms. The minimum atomic E-state index is 0.230. The molecule has 0 saturated carbocycles. The largest absolute Gasteiger partial charge is 0.508 e. The second kappa shape index (κ2) is 5.98. The van der Waals surface area contributed by atoms with E-state index in [-0.39, 0.29) is 5.75 Å². The van der Waals surface area contributed by atoms with Gasteiger partial charge in [0.05, 0.1) is 25.4 Å². The summed E-state index contributed by atoms with van der Waals surface area (Å²) >= 11 is 0. The lowest BCUT2D eigenvalue weighted by atomic mass is 9.99. The molecule has 1 heterocycles. The van der Waals surface area contributed by atoms with E-state index in [1.807, 2.05) is 42.5 Å². The van der Waals surface area contributed by atoms with Crippen LogP contribution in [0.25, 0.3) is 32.9 Å². The van der Waals surface area contributed by atoms with Gasteiger partial charge in [0.1, 0.15) is 5.75 Å². The topological polar surface area (TPSA) is 51.6 Å². The van der Waals surface area contributed by atoms with E-state index in [0.29, 0.717) is 11.5 Å². The first kappa shape index (κ1) is 15.3. The van der Waals surface area contributed by atoms with Crippen LogP contribution in [0.3, 0.4) is 0 Å². The maximum atomic E-state index is 9.58. The van der Waals surface area contributed by atoms with Crippen LogP contribution < -0.4 is 9.47 Å². The minimum Gasteiger partial charge on any atom is -0.508 e. The number of benzene rings is 3. The van der Waals surface area contributed by atoms with Crippen molar-refractivity contribution in [3.63, 3.8) is 0 Å². The fraction of sp³-hybridized carbons (Fsp3) is 0.0952. The molecule has 0 aliphatic carbocycles. The maximum Gasteiger partial charge on any atom is 0.161 e. The van der Waals surface area contributed by atoms with Gasteiger partial charge in [-0.05, 0) is 47.9 Å². The van der Waals surface area contributed by atoms with Crippen LogP contribution >= 0.6 is 0 Å². The second-order valence-corrected chi connectivity index (χ2v) is 5.78. The van der Waals surface area contributed by atoms with E-state index in [2.05, 4.69) is 6.07 Å². The van der Waals surface area contributed by atoms with Gasteiger partial charge in [-0.2, -0.15) is 0 Å². The molecule has 4 aromatic rings. The standard InChI is InChI=1S/C21H17NO3/c1-24-19-11-16-15-5-3-4-6-18(15)22-21(17(16)12-20(19)25-2)13-7-9-14(23)10-8-13/h3-12,23H,1-2H3. The van der Waals surface area contributed by atoms with E-state index in [9.17, 15) is 5.11 Å². The molecule has 0 aliphatic heterocycles. The van der Waals surface area contributed by atoms with E-state index >= 15 is 0 Å². The monoisotopic (exact) mass is 331 g/mol. The van der Waals surface area contributed by atoms with Gasteiger partial charge in [-0.1, -0.05) is 18.2 Å². The van der Waals surface area contributed by atoms with Crippen molar-refractivity contribution < 1.29 is 14.6 Å². The lowest BCUT2D eigenvalue weighted by molar-refractivity contribution is 0.356. The molecule has 4 nitrogen and oxygen atoms in total. The molecular weight excluding hydrogens is 314 g/mol. The first-order valence-electron chi connectivity index (χ1n) is 7.95. The molecule has 3 aromatic carbocycles. The number of aromatic hydroxyl groups is 1. The van der Waals surface area contributed by atoms with E-state index in [4.69, 9.17) is 14.5 Å². The lowest BCUT2D eigenvalue weighted by Gasteiger charge is -2.14. The Kier molecular flexibility index (Phi) is 3.65. The van der Waals surface area contributed by atoms with Crippen molar-refractivity contribution in [1.82, 2.24) is 4.98 Å². The third kappa shape index (κ3) is 2.52. The number of para-hydroxylation sites is 1. The Balaban J connectivity index is 2.14. The van der Waals surface area contributed by atoms with Crippen LogP contribution in [0.4, 0.5) is 0 Å². The highest BCUT2D eigenvalue weighted by atomic mass is 16.5. The average molecular weight is 331 g/mol. The van der Waals surface area contributed by atoms with E-state index in [0.717, 1.165) is 32.9 Å².